The predicted molar refractivity (Wildman–Crippen MR) is 35.8 cm³/mol. The smallest absolute Gasteiger partial charge is 0.0431 e. The summed E-state index contributed by atoms with van der Waals surface area (Å²) in [5.74, 6) is 0. The fourth-order valence-electron chi connectivity index (χ4n) is 0.541. The van der Waals surface area contributed by atoms with Gasteiger partial charge in [0.05, 0.1) is 0 Å². The van der Waals surface area contributed by atoms with Crippen molar-refractivity contribution in [3.8, 4) is 0 Å². The van der Waals surface area contributed by atoms with E-state index in [0.29, 0.717) is 6.61 Å². The molecular formula is C7H14O. The summed E-state index contributed by atoms with van der Waals surface area (Å²) in [5.41, 5.74) is 0. The molecule has 0 fully saturated rings. The lowest BCUT2D eigenvalue weighted by molar-refractivity contribution is 0.285. The Labute approximate surface area is 51.0 Å². The summed E-state index contributed by atoms with van der Waals surface area (Å²) in [6.07, 6.45) is 7.31. The highest BCUT2D eigenvalue weighted by atomic mass is 16.2. The van der Waals surface area contributed by atoms with E-state index < -0.39 is 0 Å². The van der Waals surface area contributed by atoms with E-state index in [1.54, 1.807) is 0 Å². The summed E-state index contributed by atoms with van der Waals surface area (Å²) in [6, 6.07) is 0. The molecule has 0 amide bonds. The third-order valence-corrected chi connectivity index (χ3v) is 1.01. The fourth-order valence-corrected chi connectivity index (χ4v) is 0.541. The maximum absolute atomic E-state index is 8.34. The molecule has 0 aliphatic carbocycles. The largest absolute Gasteiger partial charge is 0.396 e. The van der Waals surface area contributed by atoms with Crippen LogP contribution in [0, 0.1) is 0 Å². The van der Waals surface area contributed by atoms with E-state index in [4.69, 9.17) is 5.11 Å². The molecular weight excluding hydrogens is 100 g/mol. The Kier molecular flexibility index (Phi) is 6.45. The van der Waals surface area contributed by atoms with Crippen molar-refractivity contribution >= 4 is 0 Å². The van der Waals surface area contributed by atoms with Gasteiger partial charge in [-0.1, -0.05) is 12.2 Å². The maximum atomic E-state index is 8.34. The maximum Gasteiger partial charge on any atom is 0.0431 e. The van der Waals surface area contributed by atoms with Crippen molar-refractivity contribution in [2.75, 3.05) is 6.61 Å². The minimum absolute atomic E-state index is 0.331. The first kappa shape index (κ1) is 7.70. The number of allylic oxidation sites excluding steroid dienone is 2. The van der Waals surface area contributed by atoms with Crippen LogP contribution in [0.25, 0.3) is 0 Å². The van der Waals surface area contributed by atoms with Gasteiger partial charge in [-0.3, -0.25) is 0 Å². The van der Waals surface area contributed by atoms with E-state index in [2.05, 4.69) is 6.08 Å². The standard InChI is InChI=1S/C7H14O/c1-2-3-4-5-6-7-8/h2-3,8H,4-7H2,1H3. The minimum Gasteiger partial charge on any atom is -0.396 e. The highest BCUT2D eigenvalue weighted by Gasteiger charge is 1.79. The van der Waals surface area contributed by atoms with Gasteiger partial charge in [-0.25, -0.2) is 0 Å². The molecule has 0 aromatic carbocycles. The predicted octanol–water partition coefficient (Wildman–Crippen LogP) is 1.73. The molecule has 0 unspecified atom stereocenters. The summed E-state index contributed by atoms with van der Waals surface area (Å²) in [5, 5.41) is 8.34. The van der Waals surface area contributed by atoms with Gasteiger partial charge >= 0.3 is 0 Å². The van der Waals surface area contributed by atoms with Crippen LogP contribution in [0.4, 0.5) is 0 Å². The quantitative estimate of drug-likeness (QED) is 0.436. The lowest BCUT2D eigenvalue weighted by atomic mass is 10.2. The Balaban J connectivity index is 2.72. The van der Waals surface area contributed by atoms with Crippen LogP contribution in [0.15, 0.2) is 12.2 Å². The zero-order valence-corrected chi connectivity index (χ0v) is 5.43. The Morgan fingerprint density at radius 3 is 2.62 bits per heavy atom. The van der Waals surface area contributed by atoms with E-state index in [9.17, 15) is 0 Å². The molecule has 0 atom stereocenters. The summed E-state index contributed by atoms with van der Waals surface area (Å²) >= 11 is 0. The van der Waals surface area contributed by atoms with Crippen molar-refractivity contribution in [2.24, 2.45) is 0 Å². The first-order valence-corrected chi connectivity index (χ1v) is 3.14. The van der Waals surface area contributed by atoms with Crippen molar-refractivity contribution in [1.29, 1.82) is 0 Å². The number of unbranched alkanes of at least 4 members (excludes halogenated alkanes) is 2. The first-order chi connectivity index (χ1) is 3.91. The van der Waals surface area contributed by atoms with Gasteiger partial charge in [0, 0.05) is 6.61 Å². The number of hydrogen-bond donors (Lipinski definition) is 1. The second kappa shape index (κ2) is 6.70. The van der Waals surface area contributed by atoms with Crippen LogP contribution in [0.1, 0.15) is 26.2 Å². The first-order valence-electron chi connectivity index (χ1n) is 3.14. The second-order valence-corrected chi connectivity index (χ2v) is 1.79. The molecule has 8 heavy (non-hydrogen) atoms. The SMILES string of the molecule is CC=CCCCCO. The molecule has 0 rings (SSSR count). The molecule has 0 saturated carbocycles. The van der Waals surface area contributed by atoms with Gasteiger partial charge in [-0.15, -0.1) is 0 Å². The van der Waals surface area contributed by atoms with Crippen LogP contribution in [0.5, 0.6) is 0 Å². The highest BCUT2D eigenvalue weighted by molar-refractivity contribution is 4.75. The van der Waals surface area contributed by atoms with Gasteiger partial charge in [-0.05, 0) is 26.2 Å². The Bertz CT molecular complexity index is 57.4. The lowest BCUT2D eigenvalue weighted by Crippen LogP contribution is -1.79. The molecule has 0 saturated heterocycles. The number of rotatable bonds is 4. The van der Waals surface area contributed by atoms with Crippen molar-refractivity contribution in [1.82, 2.24) is 0 Å². The normalized spacial score (nSPS) is 10.8. The molecule has 0 radical (unpaired) electrons. The van der Waals surface area contributed by atoms with Gasteiger partial charge in [0.25, 0.3) is 0 Å². The summed E-state index contributed by atoms with van der Waals surface area (Å²) in [4.78, 5) is 0. The van der Waals surface area contributed by atoms with E-state index in [0.717, 1.165) is 19.3 Å². The third kappa shape index (κ3) is 5.70. The van der Waals surface area contributed by atoms with E-state index >= 15 is 0 Å². The molecule has 0 aliphatic heterocycles. The van der Waals surface area contributed by atoms with E-state index in [1.165, 1.54) is 0 Å². The molecule has 0 heterocycles. The molecule has 1 nitrogen and oxygen atoms in total. The van der Waals surface area contributed by atoms with Crippen LogP contribution in [-0.4, -0.2) is 11.7 Å². The van der Waals surface area contributed by atoms with E-state index in [1.807, 2.05) is 13.0 Å². The Hall–Kier alpha value is -0.300. The van der Waals surface area contributed by atoms with Crippen LogP contribution >= 0.6 is 0 Å². The molecule has 48 valence electrons. The number of hydrogen-bond acceptors (Lipinski definition) is 1. The van der Waals surface area contributed by atoms with Crippen LogP contribution < -0.4 is 0 Å². The highest BCUT2D eigenvalue weighted by Crippen LogP contribution is 1.93. The lowest BCUT2D eigenvalue weighted by Gasteiger charge is -1.88. The second-order valence-electron chi connectivity index (χ2n) is 1.79. The van der Waals surface area contributed by atoms with Crippen molar-refractivity contribution < 1.29 is 5.11 Å². The minimum atomic E-state index is 0.331. The van der Waals surface area contributed by atoms with Crippen LogP contribution in [0.2, 0.25) is 0 Å². The third-order valence-electron chi connectivity index (χ3n) is 1.01. The van der Waals surface area contributed by atoms with Gasteiger partial charge < -0.3 is 5.11 Å². The molecule has 0 aromatic heterocycles. The van der Waals surface area contributed by atoms with Crippen molar-refractivity contribution in [3.63, 3.8) is 0 Å². The fraction of sp³-hybridized carbons (Fsp3) is 0.714. The summed E-state index contributed by atoms with van der Waals surface area (Å²) < 4.78 is 0. The van der Waals surface area contributed by atoms with Gasteiger partial charge in [-0.2, -0.15) is 0 Å². The monoisotopic (exact) mass is 114 g/mol. The molecule has 1 heteroatoms. The van der Waals surface area contributed by atoms with Crippen LogP contribution in [-0.2, 0) is 0 Å². The number of aliphatic hydroxyl groups excluding tert-OH is 1. The zero-order valence-electron chi connectivity index (χ0n) is 5.43. The molecule has 0 spiro atoms. The van der Waals surface area contributed by atoms with E-state index in [-0.39, 0.29) is 0 Å². The average molecular weight is 114 g/mol. The van der Waals surface area contributed by atoms with Gasteiger partial charge in [0.15, 0.2) is 0 Å². The van der Waals surface area contributed by atoms with Crippen LogP contribution in [0.3, 0.4) is 0 Å². The molecule has 0 bridgehead atoms. The summed E-state index contributed by atoms with van der Waals surface area (Å²) in [7, 11) is 0. The van der Waals surface area contributed by atoms with Crippen molar-refractivity contribution in [2.45, 2.75) is 26.2 Å². The topological polar surface area (TPSA) is 20.2 Å². The Morgan fingerprint density at radius 1 is 1.38 bits per heavy atom. The zero-order chi connectivity index (χ0) is 6.24. The number of aliphatic hydroxyl groups is 1. The van der Waals surface area contributed by atoms with Crippen molar-refractivity contribution in [3.05, 3.63) is 12.2 Å². The van der Waals surface area contributed by atoms with Gasteiger partial charge in [0.2, 0.25) is 0 Å². The Morgan fingerprint density at radius 2 is 2.12 bits per heavy atom. The molecule has 0 aliphatic rings. The van der Waals surface area contributed by atoms with Gasteiger partial charge in [0.1, 0.15) is 0 Å². The molecule has 0 aromatic rings. The average Bonchev–Trinajstić information content (AvgIpc) is 1.81. The molecule has 1 N–H and O–H groups in total. The summed E-state index contributed by atoms with van der Waals surface area (Å²) in [6.45, 7) is 2.34.